The fraction of sp³-hybridized carbons (Fsp3) is 0.381. The monoisotopic (exact) mass is 364 g/mol. The van der Waals surface area contributed by atoms with E-state index in [-0.39, 0.29) is 11.9 Å². The smallest absolute Gasteiger partial charge is 0.253 e. The van der Waals surface area contributed by atoms with Gasteiger partial charge in [-0.1, -0.05) is 6.07 Å². The van der Waals surface area contributed by atoms with Gasteiger partial charge in [-0.15, -0.1) is 0 Å². The van der Waals surface area contributed by atoms with Crippen molar-refractivity contribution in [2.75, 3.05) is 7.11 Å². The molecule has 1 N–H and O–H groups in total. The maximum absolute atomic E-state index is 12.6. The number of carbonyl (C=O) groups is 1. The number of hydrogen-bond donors (Lipinski definition) is 1. The Balaban J connectivity index is 1.52. The number of aromatic nitrogens is 3. The number of hydrogen-bond acceptors (Lipinski definition) is 4. The molecule has 0 atom stereocenters. The lowest BCUT2D eigenvalue weighted by molar-refractivity contribution is 0.0950. The molecule has 4 rings (SSSR count). The van der Waals surface area contributed by atoms with Crippen LogP contribution >= 0.6 is 0 Å². The Hall–Kier alpha value is -2.89. The summed E-state index contributed by atoms with van der Waals surface area (Å²) in [7, 11) is 1.67. The maximum atomic E-state index is 12.6. The molecule has 1 aliphatic carbocycles. The molecule has 3 aromatic rings. The van der Waals surface area contributed by atoms with Gasteiger partial charge in [-0.05, 0) is 56.4 Å². The number of methoxy groups -OCH3 is 1. The largest absolute Gasteiger partial charge is 0.496 e. The minimum absolute atomic E-state index is 0.161. The first kappa shape index (κ1) is 17.5. The van der Waals surface area contributed by atoms with Crippen LogP contribution in [0.15, 0.2) is 30.7 Å². The predicted octanol–water partition coefficient (Wildman–Crippen LogP) is 3.44. The van der Waals surface area contributed by atoms with E-state index in [2.05, 4.69) is 41.3 Å². The first-order valence-electron chi connectivity index (χ1n) is 9.36. The van der Waals surface area contributed by atoms with Crippen LogP contribution in [0.3, 0.4) is 0 Å². The first-order valence-corrected chi connectivity index (χ1v) is 9.36. The van der Waals surface area contributed by atoms with Crippen molar-refractivity contribution in [1.82, 2.24) is 19.9 Å². The first-order chi connectivity index (χ1) is 13.1. The summed E-state index contributed by atoms with van der Waals surface area (Å²) in [6, 6.07) is 6.33. The highest BCUT2D eigenvalue weighted by molar-refractivity contribution is 5.96. The van der Waals surface area contributed by atoms with Crippen LogP contribution in [0.4, 0.5) is 0 Å². The molecule has 140 valence electrons. The van der Waals surface area contributed by atoms with Gasteiger partial charge in [0.2, 0.25) is 0 Å². The molecule has 0 spiro atoms. The van der Waals surface area contributed by atoms with Gasteiger partial charge in [-0.2, -0.15) is 0 Å². The summed E-state index contributed by atoms with van der Waals surface area (Å²) in [6.45, 7) is 4.58. The Labute approximate surface area is 158 Å². The molecule has 2 heterocycles. The Morgan fingerprint density at radius 1 is 1.22 bits per heavy atom. The van der Waals surface area contributed by atoms with Crippen molar-refractivity contribution in [3.63, 3.8) is 0 Å². The lowest BCUT2D eigenvalue weighted by Gasteiger charge is -2.12. The summed E-state index contributed by atoms with van der Waals surface area (Å²) in [5.41, 5.74) is 5.76. The highest BCUT2D eigenvalue weighted by Crippen LogP contribution is 2.29. The number of ether oxygens (including phenoxy) is 1. The highest BCUT2D eigenvalue weighted by Gasteiger charge is 2.16. The van der Waals surface area contributed by atoms with E-state index in [1.54, 1.807) is 25.7 Å². The van der Waals surface area contributed by atoms with Crippen LogP contribution in [0, 0.1) is 0 Å². The molecule has 6 heteroatoms. The average molecular weight is 364 g/mol. The summed E-state index contributed by atoms with van der Waals surface area (Å²) < 4.78 is 7.51. The molecular formula is C21H24N4O2. The maximum Gasteiger partial charge on any atom is 0.253 e. The van der Waals surface area contributed by atoms with Crippen LogP contribution < -0.4 is 10.1 Å². The molecule has 0 saturated heterocycles. The minimum atomic E-state index is -0.161. The van der Waals surface area contributed by atoms with Gasteiger partial charge in [0, 0.05) is 24.3 Å². The van der Waals surface area contributed by atoms with E-state index >= 15 is 0 Å². The van der Waals surface area contributed by atoms with Gasteiger partial charge in [-0.25, -0.2) is 9.97 Å². The van der Waals surface area contributed by atoms with E-state index in [9.17, 15) is 4.79 Å². The zero-order chi connectivity index (χ0) is 19.0. The molecule has 1 aromatic carbocycles. The second kappa shape index (κ2) is 7.02. The molecule has 0 bridgehead atoms. The Morgan fingerprint density at radius 2 is 2.00 bits per heavy atom. The Bertz CT molecular complexity index is 1010. The van der Waals surface area contributed by atoms with E-state index in [1.807, 2.05) is 4.57 Å². The zero-order valence-electron chi connectivity index (χ0n) is 16.0. The highest BCUT2D eigenvalue weighted by atomic mass is 16.5. The molecule has 27 heavy (non-hydrogen) atoms. The van der Waals surface area contributed by atoms with E-state index in [1.165, 1.54) is 17.5 Å². The number of rotatable bonds is 5. The third-order valence-electron chi connectivity index (χ3n) is 5.17. The van der Waals surface area contributed by atoms with Crippen molar-refractivity contribution >= 4 is 17.1 Å². The normalized spacial score (nSPS) is 13.2. The summed E-state index contributed by atoms with van der Waals surface area (Å²) >= 11 is 0. The van der Waals surface area contributed by atoms with Gasteiger partial charge in [0.05, 0.1) is 19.0 Å². The lowest BCUT2D eigenvalue weighted by atomic mass is 10.0. The van der Waals surface area contributed by atoms with Crippen molar-refractivity contribution < 1.29 is 9.53 Å². The fourth-order valence-electron chi connectivity index (χ4n) is 3.68. The summed E-state index contributed by atoms with van der Waals surface area (Å²) in [5, 5.41) is 2.98. The summed E-state index contributed by atoms with van der Waals surface area (Å²) in [5.74, 6) is 0.672. The predicted molar refractivity (Wildman–Crippen MR) is 104 cm³/mol. The van der Waals surface area contributed by atoms with Crippen LogP contribution in [0.25, 0.3) is 11.2 Å². The fourth-order valence-corrected chi connectivity index (χ4v) is 3.68. The van der Waals surface area contributed by atoms with Crippen molar-refractivity contribution in [3.05, 3.63) is 53.0 Å². The third kappa shape index (κ3) is 3.27. The average Bonchev–Trinajstić information content (AvgIpc) is 3.30. The van der Waals surface area contributed by atoms with Gasteiger partial charge >= 0.3 is 0 Å². The third-order valence-corrected chi connectivity index (χ3v) is 5.17. The second-order valence-electron chi connectivity index (χ2n) is 7.28. The van der Waals surface area contributed by atoms with Crippen LogP contribution in [-0.4, -0.2) is 27.6 Å². The Morgan fingerprint density at radius 3 is 2.74 bits per heavy atom. The molecule has 6 nitrogen and oxygen atoms in total. The second-order valence-corrected chi connectivity index (χ2v) is 7.28. The summed E-state index contributed by atoms with van der Waals surface area (Å²) in [4.78, 5) is 21.4. The van der Waals surface area contributed by atoms with E-state index < -0.39 is 0 Å². The van der Waals surface area contributed by atoms with Crippen LogP contribution in [0.2, 0.25) is 0 Å². The van der Waals surface area contributed by atoms with Crippen LogP contribution in [0.5, 0.6) is 5.75 Å². The molecule has 2 aromatic heterocycles. The zero-order valence-corrected chi connectivity index (χ0v) is 16.0. The van der Waals surface area contributed by atoms with Gasteiger partial charge in [0.15, 0.2) is 5.65 Å². The SMILES string of the molecule is COc1cc2c(cc1CNC(=O)c1cnc3c(c1)ncn3C(C)C)CCC2. The number of aryl methyl sites for hydroxylation is 2. The van der Waals surface area contributed by atoms with Gasteiger partial charge in [0.25, 0.3) is 5.91 Å². The van der Waals surface area contributed by atoms with Crippen molar-refractivity contribution in [1.29, 1.82) is 0 Å². The van der Waals surface area contributed by atoms with Gasteiger partial charge in [-0.3, -0.25) is 4.79 Å². The standard InChI is InChI=1S/C21H24N4O2/c1-13(2)25-12-24-18-8-17(11-22-20(18)25)21(26)23-10-16-7-14-5-4-6-15(14)9-19(16)27-3/h7-9,11-13H,4-6,10H2,1-3H3,(H,23,26). The topological polar surface area (TPSA) is 69.0 Å². The minimum Gasteiger partial charge on any atom is -0.496 e. The van der Waals surface area contributed by atoms with E-state index in [4.69, 9.17) is 4.74 Å². The number of benzene rings is 1. The van der Waals surface area contributed by atoms with E-state index in [0.29, 0.717) is 12.1 Å². The quantitative estimate of drug-likeness (QED) is 0.753. The molecule has 0 aliphatic heterocycles. The van der Waals surface area contributed by atoms with Gasteiger partial charge < -0.3 is 14.6 Å². The lowest BCUT2D eigenvalue weighted by Crippen LogP contribution is -2.23. The number of fused-ring (bicyclic) bond motifs is 2. The number of amides is 1. The molecule has 1 amide bonds. The molecule has 0 saturated carbocycles. The molecule has 0 fully saturated rings. The van der Waals surface area contributed by atoms with Crippen molar-refractivity contribution in [3.8, 4) is 5.75 Å². The molecular weight excluding hydrogens is 340 g/mol. The van der Waals surface area contributed by atoms with Crippen LogP contribution in [0.1, 0.15) is 53.4 Å². The van der Waals surface area contributed by atoms with Crippen molar-refractivity contribution in [2.24, 2.45) is 0 Å². The van der Waals surface area contributed by atoms with Gasteiger partial charge in [0.1, 0.15) is 11.3 Å². The van der Waals surface area contributed by atoms with Crippen molar-refractivity contribution in [2.45, 2.75) is 45.7 Å². The molecule has 1 aliphatic rings. The number of imidazole rings is 1. The summed E-state index contributed by atoms with van der Waals surface area (Å²) in [6.07, 6.45) is 6.76. The number of nitrogens with one attached hydrogen (secondary N) is 1. The number of nitrogens with zero attached hydrogens (tertiary/aromatic N) is 3. The molecule has 0 radical (unpaired) electrons. The Kier molecular flexibility index (Phi) is 4.56. The number of pyridine rings is 1. The number of carbonyl (C=O) groups excluding carboxylic acids is 1. The van der Waals surface area contributed by atoms with E-state index in [0.717, 1.165) is 35.3 Å². The molecule has 0 unspecified atom stereocenters. The van der Waals surface area contributed by atoms with Crippen LogP contribution in [-0.2, 0) is 19.4 Å².